The van der Waals surface area contributed by atoms with Crippen LogP contribution < -0.4 is 4.74 Å². The fraction of sp³-hybridized carbons (Fsp3) is 0.154. The zero-order chi connectivity index (χ0) is 15.6. The first-order chi connectivity index (χ1) is 9.78. The third-order valence-electron chi connectivity index (χ3n) is 2.59. The number of alkyl halides is 3. The number of hydrogen-bond donors (Lipinski definition) is 1. The smallest absolute Gasteiger partial charge is 0.406 e. The molecule has 0 aliphatic rings. The predicted octanol–water partition coefficient (Wildman–Crippen LogP) is 3.34. The summed E-state index contributed by atoms with van der Waals surface area (Å²) >= 11 is 0. The third kappa shape index (κ3) is 3.66. The Morgan fingerprint density at radius 2 is 1.52 bits per heavy atom. The van der Waals surface area contributed by atoms with Gasteiger partial charge < -0.3 is 9.84 Å². The van der Waals surface area contributed by atoms with Gasteiger partial charge in [-0.3, -0.25) is 4.98 Å². The maximum atomic E-state index is 13.5. The van der Waals surface area contributed by atoms with E-state index in [0.717, 1.165) is 36.7 Å². The molecule has 0 saturated carbocycles. The fourth-order valence-electron chi connectivity index (χ4n) is 1.70. The summed E-state index contributed by atoms with van der Waals surface area (Å²) in [5.41, 5.74) is -0.622. The maximum absolute atomic E-state index is 13.5. The maximum Gasteiger partial charge on any atom is 0.573 e. The molecule has 0 saturated heterocycles. The molecule has 1 N–H and O–H groups in total. The van der Waals surface area contributed by atoms with Crippen LogP contribution in [-0.2, 0) is 0 Å². The van der Waals surface area contributed by atoms with E-state index >= 15 is 0 Å². The molecule has 1 unspecified atom stereocenters. The van der Waals surface area contributed by atoms with E-state index in [4.69, 9.17) is 0 Å². The van der Waals surface area contributed by atoms with Crippen molar-refractivity contribution in [3.05, 3.63) is 59.4 Å². The second kappa shape index (κ2) is 5.65. The van der Waals surface area contributed by atoms with Gasteiger partial charge in [0, 0.05) is 0 Å². The Morgan fingerprint density at radius 3 is 2.00 bits per heavy atom. The van der Waals surface area contributed by atoms with Crippen LogP contribution in [0.1, 0.15) is 17.2 Å². The molecule has 0 aliphatic carbocycles. The SMILES string of the molecule is OC(c1ccc(OC(F)(F)F)cc1)c1c(F)cncc1F. The van der Waals surface area contributed by atoms with Crippen molar-refractivity contribution < 1.29 is 31.8 Å². The van der Waals surface area contributed by atoms with Crippen molar-refractivity contribution in [2.75, 3.05) is 0 Å². The number of ether oxygens (including phenoxy) is 1. The number of aromatic nitrogens is 1. The lowest BCUT2D eigenvalue weighted by Crippen LogP contribution is -2.17. The van der Waals surface area contributed by atoms with E-state index in [1.54, 1.807) is 0 Å². The van der Waals surface area contributed by atoms with Crippen molar-refractivity contribution in [2.45, 2.75) is 12.5 Å². The summed E-state index contributed by atoms with van der Waals surface area (Å²) in [6.07, 6.45) is -5.07. The normalized spacial score (nSPS) is 13.0. The molecule has 0 fully saturated rings. The molecule has 3 nitrogen and oxygen atoms in total. The number of nitrogens with zero attached hydrogens (tertiary/aromatic N) is 1. The van der Waals surface area contributed by atoms with Crippen LogP contribution in [0.3, 0.4) is 0 Å². The van der Waals surface area contributed by atoms with Gasteiger partial charge in [0.25, 0.3) is 0 Å². The molecule has 0 bridgehead atoms. The highest BCUT2D eigenvalue weighted by Crippen LogP contribution is 2.29. The van der Waals surface area contributed by atoms with E-state index in [9.17, 15) is 27.1 Å². The van der Waals surface area contributed by atoms with Crippen molar-refractivity contribution >= 4 is 0 Å². The monoisotopic (exact) mass is 305 g/mol. The molecule has 1 heterocycles. The van der Waals surface area contributed by atoms with Gasteiger partial charge in [0.2, 0.25) is 0 Å². The van der Waals surface area contributed by atoms with E-state index in [2.05, 4.69) is 9.72 Å². The van der Waals surface area contributed by atoms with Crippen LogP contribution in [0.25, 0.3) is 0 Å². The average molecular weight is 305 g/mol. The van der Waals surface area contributed by atoms with Crippen LogP contribution in [0.4, 0.5) is 22.0 Å². The summed E-state index contributed by atoms with van der Waals surface area (Å²) in [5, 5.41) is 9.91. The molecule has 1 aromatic heterocycles. The topological polar surface area (TPSA) is 42.4 Å². The zero-order valence-corrected chi connectivity index (χ0v) is 10.2. The first kappa shape index (κ1) is 15.2. The van der Waals surface area contributed by atoms with Crippen LogP contribution in [0, 0.1) is 11.6 Å². The van der Waals surface area contributed by atoms with Crippen molar-refractivity contribution in [3.8, 4) is 5.75 Å². The molecular formula is C13H8F5NO2. The fourth-order valence-corrected chi connectivity index (χ4v) is 1.70. The number of hydrogen-bond acceptors (Lipinski definition) is 3. The van der Waals surface area contributed by atoms with E-state index in [0.29, 0.717) is 0 Å². The van der Waals surface area contributed by atoms with Gasteiger partial charge in [-0.1, -0.05) is 12.1 Å². The number of aliphatic hydroxyl groups is 1. The Morgan fingerprint density at radius 1 is 1.00 bits per heavy atom. The Hall–Kier alpha value is -2.22. The van der Waals surface area contributed by atoms with E-state index in [1.165, 1.54) is 0 Å². The van der Waals surface area contributed by atoms with E-state index < -0.39 is 35.4 Å². The van der Waals surface area contributed by atoms with Gasteiger partial charge in [0.15, 0.2) is 11.6 Å². The second-order valence-corrected chi connectivity index (χ2v) is 4.04. The number of halogens is 5. The number of aliphatic hydroxyl groups excluding tert-OH is 1. The Bertz CT molecular complexity index is 607. The van der Waals surface area contributed by atoms with Crippen LogP contribution in [0.5, 0.6) is 5.75 Å². The summed E-state index contributed by atoms with van der Waals surface area (Å²) < 4.78 is 66.5. The van der Waals surface area contributed by atoms with Crippen LogP contribution in [-0.4, -0.2) is 16.5 Å². The highest BCUT2D eigenvalue weighted by Gasteiger charge is 2.31. The van der Waals surface area contributed by atoms with Crippen molar-refractivity contribution in [3.63, 3.8) is 0 Å². The molecule has 0 spiro atoms. The largest absolute Gasteiger partial charge is 0.573 e. The lowest BCUT2D eigenvalue weighted by atomic mass is 10.0. The standard InChI is InChI=1S/C13H8F5NO2/c14-9-5-19-6-10(15)11(9)12(20)7-1-3-8(4-2-7)21-13(16,17)18/h1-6,12,20H. The van der Waals surface area contributed by atoms with E-state index in [-0.39, 0.29) is 5.56 Å². The molecule has 112 valence electrons. The Kier molecular flexibility index (Phi) is 4.08. The van der Waals surface area contributed by atoms with Crippen LogP contribution in [0.2, 0.25) is 0 Å². The van der Waals surface area contributed by atoms with Crippen LogP contribution >= 0.6 is 0 Å². The van der Waals surface area contributed by atoms with Gasteiger partial charge in [-0.05, 0) is 17.7 Å². The number of rotatable bonds is 3. The third-order valence-corrected chi connectivity index (χ3v) is 2.59. The van der Waals surface area contributed by atoms with Crippen molar-refractivity contribution in [1.82, 2.24) is 4.98 Å². The highest BCUT2D eigenvalue weighted by atomic mass is 19.4. The van der Waals surface area contributed by atoms with Gasteiger partial charge in [0.1, 0.15) is 11.9 Å². The summed E-state index contributed by atoms with van der Waals surface area (Å²) in [7, 11) is 0. The summed E-state index contributed by atoms with van der Waals surface area (Å²) in [6, 6.07) is 4.02. The molecule has 1 atom stereocenters. The first-order valence-electron chi connectivity index (χ1n) is 5.60. The molecule has 1 aromatic carbocycles. The molecule has 8 heteroatoms. The molecule has 0 aliphatic heterocycles. The molecule has 0 radical (unpaired) electrons. The lowest BCUT2D eigenvalue weighted by Gasteiger charge is -2.14. The molecule has 2 rings (SSSR count). The minimum Gasteiger partial charge on any atom is -0.406 e. The summed E-state index contributed by atoms with van der Waals surface area (Å²) in [6.45, 7) is 0. The highest BCUT2D eigenvalue weighted by molar-refractivity contribution is 5.34. The van der Waals surface area contributed by atoms with Crippen molar-refractivity contribution in [2.24, 2.45) is 0 Å². The van der Waals surface area contributed by atoms with Gasteiger partial charge in [-0.25, -0.2) is 8.78 Å². The second-order valence-electron chi connectivity index (χ2n) is 4.04. The van der Waals surface area contributed by atoms with Crippen LogP contribution in [0.15, 0.2) is 36.7 Å². The molecular weight excluding hydrogens is 297 g/mol. The first-order valence-corrected chi connectivity index (χ1v) is 5.60. The van der Waals surface area contributed by atoms with Gasteiger partial charge in [-0.2, -0.15) is 0 Å². The van der Waals surface area contributed by atoms with Crippen molar-refractivity contribution in [1.29, 1.82) is 0 Å². The minimum atomic E-state index is -4.84. The number of benzene rings is 1. The Balaban J connectivity index is 2.26. The minimum absolute atomic E-state index is 0.00789. The molecule has 0 amide bonds. The van der Waals surface area contributed by atoms with Gasteiger partial charge in [0.05, 0.1) is 18.0 Å². The number of pyridine rings is 1. The predicted molar refractivity (Wildman–Crippen MR) is 61.3 cm³/mol. The lowest BCUT2D eigenvalue weighted by molar-refractivity contribution is -0.274. The van der Waals surface area contributed by atoms with Gasteiger partial charge >= 0.3 is 6.36 Å². The zero-order valence-electron chi connectivity index (χ0n) is 10.2. The quantitative estimate of drug-likeness (QED) is 0.884. The molecule has 21 heavy (non-hydrogen) atoms. The average Bonchev–Trinajstić information content (AvgIpc) is 2.37. The molecule has 2 aromatic rings. The van der Waals surface area contributed by atoms with E-state index in [1.807, 2.05) is 0 Å². The Labute approximate surface area is 115 Å². The van der Waals surface area contributed by atoms with Gasteiger partial charge in [-0.15, -0.1) is 13.2 Å². The summed E-state index contributed by atoms with van der Waals surface area (Å²) in [4.78, 5) is 3.27. The summed E-state index contributed by atoms with van der Waals surface area (Å²) in [5.74, 6) is -2.62.